The summed E-state index contributed by atoms with van der Waals surface area (Å²) in [6.07, 6.45) is 0. The van der Waals surface area contributed by atoms with E-state index in [2.05, 4.69) is 9.88 Å². The van der Waals surface area contributed by atoms with E-state index in [1.165, 1.54) is 0 Å². The van der Waals surface area contributed by atoms with Gasteiger partial charge in [0.2, 0.25) is 0 Å². The summed E-state index contributed by atoms with van der Waals surface area (Å²) in [5.74, 6) is 0.833. The summed E-state index contributed by atoms with van der Waals surface area (Å²) in [4.78, 5) is 6.61. The summed E-state index contributed by atoms with van der Waals surface area (Å²) in [6.45, 7) is 4.69. The highest BCUT2D eigenvalue weighted by molar-refractivity contribution is 6.30. The van der Waals surface area contributed by atoms with Crippen molar-refractivity contribution in [3.8, 4) is 0 Å². The van der Waals surface area contributed by atoms with Gasteiger partial charge in [-0.05, 0) is 43.2 Å². The molecule has 0 aliphatic heterocycles. The van der Waals surface area contributed by atoms with Crippen molar-refractivity contribution in [1.82, 2.24) is 4.98 Å². The molecule has 0 unspecified atom stereocenters. The third-order valence-electron chi connectivity index (χ3n) is 3.31. The van der Waals surface area contributed by atoms with Crippen molar-refractivity contribution in [2.24, 2.45) is 0 Å². The molecule has 0 aliphatic rings. The summed E-state index contributed by atoms with van der Waals surface area (Å²) >= 11 is 5.90. The number of rotatable bonds is 4. The molecule has 106 valence electrons. The van der Waals surface area contributed by atoms with Crippen LogP contribution in [0.15, 0.2) is 30.3 Å². The third-order valence-corrected chi connectivity index (χ3v) is 3.56. The maximum absolute atomic E-state index is 9.56. The van der Waals surface area contributed by atoms with Crippen molar-refractivity contribution < 1.29 is 5.11 Å². The van der Waals surface area contributed by atoms with Gasteiger partial charge >= 0.3 is 0 Å². The molecule has 1 aromatic heterocycles. The fraction of sp³-hybridized carbons (Fsp3) is 0.312. The highest BCUT2D eigenvalue weighted by atomic mass is 35.5. The van der Waals surface area contributed by atoms with Crippen LogP contribution < -0.4 is 4.90 Å². The molecule has 0 aliphatic carbocycles. The Bertz CT molecular complexity index is 596. The van der Waals surface area contributed by atoms with Crippen LogP contribution in [0.25, 0.3) is 0 Å². The van der Waals surface area contributed by atoms with Crippen LogP contribution in [0.2, 0.25) is 5.02 Å². The van der Waals surface area contributed by atoms with E-state index in [1.54, 1.807) is 0 Å². The van der Waals surface area contributed by atoms with Crippen LogP contribution in [-0.4, -0.2) is 17.1 Å². The summed E-state index contributed by atoms with van der Waals surface area (Å²) in [7, 11) is 1.98. The summed E-state index contributed by atoms with van der Waals surface area (Å²) in [6, 6.07) is 9.75. The van der Waals surface area contributed by atoms with E-state index < -0.39 is 0 Å². The molecule has 2 rings (SSSR count). The molecule has 0 fully saturated rings. The van der Waals surface area contributed by atoms with Crippen LogP contribution >= 0.6 is 11.6 Å². The lowest BCUT2D eigenvalue weighted by Gasteiger charge is -2.22. The standard InChI is InChI=1S/C16H19ClN2O/c1-11-8-12(2)18-16(15(11)10-20)19(3)9-13-4-6-14(17)7-5-13/h4-8,20H,9-10H2,1-3H3. The molecule has 2 aromatic rings. The monoisotopic (exact) mass is 290 g/mol. The molecule has 0 saturated heterocycles. The van der Waals surface area contributed by atoms with Gasteiger partial charge in [0.1, 0.15) is 5.82 Å². The smallest absolute Gasteiger partial charge is 0.134 e. The van der Waals surface area contributed by atoms with Crippen molar-refractivity contribution in [1.29, 1.82) is 0 Å². The van der Waals surface area contributed by atoms with E-state index in [-0.39, 0.29) is 6.61 Å². The minimum Gasteiger partial charge on any atom is -0.392 e. The quantitative estimate of drug-likeness (QED) is 0.936. The van der Waals surface area contributed by atoms with E-state index in [1.807, 2.05) is 51.2 Å². The number of aliphatic hydroxyl groups is 1. The number of anilines is 1. The first-order valence-corrected chi connectivity index (χ1v) is 6.92. The lowest BCUT2D eigenvalue weighted by molar-refractivity contribution is 0.281. The Morgan fingerprint density at radius 3 is 2.45 bits per heavy atom. The topological polar surface area (TPSA) is 36.4 Å². The van der Waals surface area contributed by atoms with Gasteiger partial charge in [-0.1, -0.05) is 23.7 Å². The van der Waals surface area contributed by atoms with Gasteiger partial charge in [0.25, 0.3) is 0 Å². The molecule has 1 heterocycles. The average Bonchev–Trinajstić information content (AvgIpc) is 2.40. The van der Waals surface area contributed by atoms with Crippen molar-refractivity contribution in [3.05, 3.63) is 57.7 Å². The van der Waals surface area contributed by atoms with Gasteiger partial charge in [-0.25, -0.2) is 4.98 Å². The Labute approximate surface area is 124 Å². The molecule has 0 bridgehead atoms. The Morgan fingerprint density at radius 1 is 1.20 bits per heavy atom. The Balaban J connectivity index is 2.28. The Morgan fingerprint density at radius 2 is 1.85 bits per heavy atom. The lowest BCUT2D eigenvalue weighted by Crippen LogP contribution is -2.20. The van der Waals surface area contributed by atoms with E-state index in [0.717, 1.165) is 39.8 Å². The SMILES string of the molecule is Cc1cc(C)c(CO)c(N(C)Cc2ccc(Cl)cc2)n1. The van der Waals surface area contributed by atoms with E-state index in [4.69, 9.17) is 11.6 Å². The first-order valence-electron chi connectivity index (χ1n) is 6.55. The van der Waals surface area contributed by atoms with Crippen LogP contribution in [0, 0.1) is 13.8 Å². The van der Waals surface area contributed by atoms with Gasteiger partial charge in [-0.3, -0.25) is 0 Å². The minimum absolute atomic E-state index is 0.000591. The second-order valence-corrected chi connectivity index (χ2v) is 5.46. The average molecular weight is 291 g/mol. The molecule has 1 aromatic carbocycles. The van der Waals surface area contributed by atoms with Crippen molar-refractivity contribution >= 4 is 17.4 Å². The van der Waals surface area contributed by atoms with Crippen molar-refractivity contribution in [2.75, 3.05) is 11.9 Å². The molecular formula is C16H19ClN2O. The van der Waals surface area contributed by atoms with Crippen LogP contribution in [0.5, 0.6) is 0 Å². The van der Waals surface area contributed by atoms with Gasteiger partial charge in [-0.15, -0.1) is 0 Å². The zero-order chi connectivity index (χ0) is 14.7. The van der Waals surface area contributed by atoms with E-state index in [0.29, 0.717) is 0 Å². The Hall–Kier alpha value is -1.58. The zero-order valence-electron chi connectivity index (χ0n) is 12.0. The minimum atomic E-state index is -0.000591. The third kappa shape index (κ3) is 3.30. The molecule has 1 N–H and O–H groups in total. The largest absolute Gasteiger partial charge is 0.392 e. The molecule has 0 spiro atoms. The zero-order valence-corrected chi connectivity index (χ0v) is 12.8. The maximum Gasteiger partial charge on any atom is 0.134 e. The second-order valence-electron chi connectivity index (χ2n) is 5.02. The fourth-order valence-electron chi connectivity index (χ4n) is 2.29. The maximum atomic E-state index is 9.56. The molecule has 0 atom stereocenters. The van der Waals surface area contributed by atoms with E-state index >= 15 is 0 Å². The van der Waals surface area contributed by atoms with Gasteiger partial charge in [0, 0.05) is 29.9 Å². The molecule has 3 nitrogen and oxygen atoms in total. The van der Waals surface area contributed by atoms with E-state index in [9.17, 15) is 5.11 Å². The van der Waals surface area contributed by atoms with Gasteiger partial charge in [-0.2, -0.15) is 0 Å². The number of pyridine rings is 1. The highest BCUT2D eigenvalue weighted by Gasteiger charge is 2.12. The molecule has 0 radical (unpaired) electrons. The first-order chi connectivity index (χ1) is 9.51. The number of nitrogens with zero attached hydrogens (tertiary/aromatic N) is 2. The lowest BCUT2D eigenvalue weighted by atomic mass is 10.1. The normalized spacial score (nSPS) is 10.7. The van der Waals surface area contributed by atoms with Crippen LogP contribution in [0.1, 0.15) is 22.4 Å². The summed E-state index contributed by atoms with van der Waals surface area (Å²) < 4.78 is 0. The molecule has 4 heteroatoms. The van der Waals surface area contributed by atoms with Crippen molar-refractivity contribution in [2.45, 2.75) is 27.0 Å². The summed E-state index contributed by atoms with van der Waals surface area (Å²) in [5, 5.41) is 10.3. The van der Waals surface area contributed by atoms with Crippen LogP contribution in [-0.2, 0) is 13.2 Å². The fourth-order valence-corrected chi connectivity index (χ4v) is 2.42. The number of hydrogen-bond acceptors (Lipinski definition) is 3. The van der Waals surface area contributed by atoms with Gasteiger partial charge < -0.3 is 10.0 Å². The van der Waals surface area contributed by atoms with Crippen LogP contribution in [0.4, 0.5) is 5.82 Å². The van der Waals surface area contributed by atoms with Gasteiger partial charge in [0.05, 0.1) is 6.61 Å². The Kier molecular flexibility index (Phi) is 4.63. The van der Waals surface area contributed by atoms with Crippen molar-refractivity contribution in [3.63, 3.8) is 0 Å². The molecule has 20 heavy (non-hydrogen) atoms. The summed E-state index contributed by atoms with van der Waals surface area (Å²) in [5.41, 5.74) is 4.06. The van der Waals surface area contributed by atoms with Crippen LogP contribution in [0.3, 0.4) is 0 Å². The predicted octanol–water partition coefficient (Wildman–Crippen LogP) is 3.48. The number of aromatic nitrogens is 1. The molecule has 0 saturated carbocycles. The number of aryl methyl sites for hydroxylation is 2. The number of aliphatic hydroxyl groups excluding tert-OH is 1. The number of halogens is 1. The second kappa shape index (κ2) is 6.25. The highest BCUT2D eigenvalue weighted by Crippen LogP contribution is 2.23. The number of hydrogen-bond donors (Lipinski definition) is 1. The van der Waals surface area contributed by atoms with Gasteiger partial charge in [0.15, 0.2) is 0 Å². The molecule has 0 amide bonds. The predicted molar refractivity (Wildman–Crippen MR) is 83.2 cm³/mol. The molecular weight excluding hydrogens is 272 g/mol. The first kappa shape index (κ1) is 14.8. The number of benzene rings is 1.